The third-order valence-corrected chi connectivity index (χ3v) is 4.26. The van der Waals surface area contributed by atoms with Crippen LogP contribution >= 0.6 is 15.9 Å². The average molecular weight is 322 g/mol. The van der Waals surface area contributed by atoms with Crippen molar-refractivity contribution < 1.29 is 4.79 Å². The Morgan fingerprint density at radius 3 is 2.74 bits per heavy atom. The molecule has 1 aliphatic rings. The minimum atomic E-state index is -0.321. The zero-order chi connectivity index (χ0) is 13.9. The van der Waals surface area contributed by atoms with Gasteiger partial charge in [-0.3, -0.25) is 4.79 Å². The summed E-state index contributed by atoms with van der Waals surface area (Å²) >= 11 is 3.38. The number of halogens is 1. The molecule has 100 valence electrons. The number of piperidine rings is 1. The van der Waals surface area contributed by atoms with E-state index >= 15 is 0 Å². The predicted octanol–water partition coefficient (Wildman–Crippen LogP) is 2.65. The van der Waals surface area contributed by atoms with Gasteiger partial charge < -0.3 is 10.6 Å². The van der Waals surface area contributed by atoms with E-state index in [2.05, 4.69) is 32.6 Å². The highest BCUT2D eigenvalue weighted by Gasteiger charge is 2.34. The standard InChI is InChI=1S/C14H16BrN3O/c1-14(4-6-17-7-5-14)13(19)18-12-3-2-10(9-16)8-11(12)15/h2-3,8,17H,4-7H2,1H3,(H,18,19). The summed E-state index contributed by atoms with van der Waals surface area (Å²) in [4.78, 5) is 12.4. The van der Waals surface area contributed by atoms with E-state index in [9.17, 15) is 4.79 Å². The molecule has 0 aliphatic carbocycles. The lowest BCUT2D eigenvalue weighted by Crippen LogP contribution is -2.42. The maximum atomic E-state index is 12.4. The molecule has 0 spiro atoms. The summed E-state index contributed by atoms with van der Waals surface area (Å²) in [5.74, 6) is 0.0411. The van der Waals surface area contributed by atoms with Gasteiger partial charge in [0.05, 0.1) is 17.3 Å². The Bertz CT molecular complexity index is 530. The van der Waals surface area contributed by atoms with Crippen LogP contribution in [0.2, 0.25) is 0 Å². The second kappa shape index (κ2) is 5.72. The molecule has 2 N–H and O–H groups in total. The number of nitrogens with zero attached hydrogens (tertiary/aromatic N) is 1. The number of rotatable bonds is 2. The summed E-state index contributed by atoms with van der Waals surface area (Å²) in [6.07, 6.45) is 1.68. The molecule has 0 atom stereocenters. The Balaban J connectivity index is 2.13. The molecular formula is C14H16BrN3O. The van der Waals surface area contributed by atoms with Gasteiger partial charge in [-0.05, 0) is 60.1 Å². The SMILES string of the molecule is CC1(C(=O)Nc2ccc(C#N)cc2Br)CCNCC1. The number of hydrogen-bond donors (Lipinski definition) is 2. The molecule has 1 heterocycles. The van der Waals surface area contributed by atoms with E-state index in [1.54, 1.807) is 18.2 Å². The van der Waals surface area contributed by atoms with Crippen molar-refractivity contribution in [2.45, 2.75) is 19.8 Å². The first kappa shape index (κ1) is 14.0. The number of amides is 1. The number of nitrogens with one attached hydrogen (secondary N) is 2. The van der Waals surface area contributed by atoms with Gasteiger partial charge >= 0.3 is 0 Å². The van der Waals surface area contributed by atoms with Crippen LogP contribution in [0.1, 0.15) is 25.3 Å². The first-order valence-electron chi connectivity index (χ1n) is 6.27. The largest absolute Gasteiger partial charge is 0.325 e. The third kappa shape index (κ3) is 3.14. The van der Waals surface area contributed by atoms with Gasteiger partial charge in [0.1, 0.15) is 0 Å². The van der Waals surface area contributed by atoms with Crippen LogP contribution in [0, 0.1) is 16.7 Å². The number of benzene rings is 1. The highest BCUT2D eigenvalue weighted by molar-refractivity contribution is 9.10. The molecule has 1 amide bonds. The molecule has 0 bridgehead atoms. The summed E-state index contributed by atoms with van der Waals surface area (Å²) in [5, 5.41) is 15.0. The average Bonchev–Trinajstić information content (AvgIpc) is 2.41. The maximum Gasteiger partial charge on any atom is 0.230 e. The Morgan fingerprint density at radius 2 is 2.16 bits per heavy atom. The van der Waals surface area contributed by atoms with Crippen molar-refractivity contribution in [3.8, 4) is 6.07 Å². The molecule has 1 aliphatic heterocycles. The molecule has 5 heteroatoms. The minimum absolute atomic E-state index is 0.0411. The van der Waals surface area contributed by atoms with E-state index in [0.29, 0.717) is 11.3 Å². The highest BCUT2D eigenvalue weighted by Crippen LogP contribution is 2.31. The van der Waals surface area contributed by atoms with E-state index in [4.69, 9.17) is 5.26 Å². The van der Waals surface area contributed by atoms with Crippen molar-refractivity contribution >= 4 is 27.5 Å². The van der Waals surface area contributed by atoms with Gasteiger partial charge in [0.2, 0.25) is 5.91 Å². The lowest BCUT2D eigenvalue weighted by atomic mass is 9.80. The lowest BCUT2D eigenvalue weighted by molar-refractivity contribution is -0.126. The minimum Gasteiger partial charge on any atom is -0.325 e. The number of carbonyl (C=O) groups is 1. The fourth-order valence-electron chi connectivity index (χ4n) is 2.16. The summed E-state index contributed by atoms with van der Waals surface area (Å²) in [7, 11) is 0. The zero-order valence-electron chi connectivity index (χ0n) is 10.8. The van der Waals surface area contributed by atoms with E-state index in [1.165, 1.54) is 0 Å². The van der Waals surface area contributed by atoms with Gasteiger partial charge in [-0.25, -0.2) is 0 Å². The normalized spacial score (nSPS) is 17.5. The highest BCUT2D eigenvalue weighted by atomic mass is 79.9. The van der Waals surface area contributed by atoms with Crippen LogP contribution in [-0.2, 0) is 4.79 Å². The van der Waals surface area contributed by atoms with Crippen LogP contribution in [0.5, 0.6) is 0 Å². The molecule has 0 aromatic heterocycles. The van der Waals surface area contributed by atoms with Crippen molar-refractivity contribution in [2.24, 2.45) is 5.41 Å². The molecule has 2 rings (SSSR count). The number of hydrogen-bond acceptors (Lipinski definition) is 3. The first-order valence-corrected chi connectivity index (χ1v) is 7.06. The summed E-state index contributed by atoms with van der Waals surface area (Å²) in [6, 6.07) is 7.23. The van der Waals surface area contributed by atoms with Gasteiger partial charge in [0.15, 0.2) is 0 Å². The van der Waals surface area contributed by atoms with E-state index in [-0.39, 0.29) is 11.3 Å². The second-order valence-electron chi connectivity index (χ2n) is 5.07. The molecule has 0 unspecified atom stereocenters. The Hall–Kier alpha value is -1.38. The molecular weight excluding hydrogens is 306 g/mol. The molecule has 1 saturated heterocycles. The van der Waals surface area contributed by atoms with Crippen LogP contribution in [0.25, 0.3) is 0 Å². The number of carbonyl (C=O) groups excluding carboxylic acids is 1. The van der Waals surface area contributed by atoms with Gasteiger partial charge in [0, 0.05) is 9.89 Å². The van der Waals surface area contributed by atoms with Gasteiger partial charge in [-0.15, -0.1) is 0 Å². The van der Waals surface area contributed by atoms with Crippen LogP contribution in [-0.4, -0.2) is 19.0 Å². The second-order valence-corrected chi connectivity index (χ2v) is 5.93. The van der Waals surface area contributed by atoms with Crippen LogP contribution < -0.4 is 10.6 Å². The molecule has 19 heavy (non-hydrogen) atoms. The monoisotopic (exact) mass is 321 g/mol. The molecule has 0 radical (unpaired) electrons. The summed E-state index contributed by atoms with van der Waals surface area (Å²) in [6.45, 7) is 3.75. The van der Waals surface area contributed by atoms with E-state index < -0.39 is 0 Å². The molecule has 1 aromatic rings. The van der Waals surface area contributed by atoms with E-state index in [1.807, 2.05) is 6.92 Å². The topological polar surface area (TPSA) is 64.9 Å². The Kier molecular flexibility index (Phi) is 4.23. The maximum absolute atomic E-state index is 12.4. The van der Waals surface area contributed by atoms with Gasteiger partial charge in [-0.1, -0.05) is 6.92 Å². The van der Waals surface area contributed by atoms with Crippen molar-refractivity contribution in [1.82, 2.24) is 5.32 Å². The van der Waals surface area contributed by atoms with E-state index in [0.717, 1.165) is 30.4 Å². The van der Waals surface area contributed by atoms with Crippen molar-refractivity contribution in [1.29, 1.82) is 5.26 Å². The predicted molar refractivity (Wildman–Crippen MR) is 77.7 cm³/mol. The van der Waals surface area contributed by atoms with Crippen LogP contribution in [0.4, 0.5) is 5.69 Å². The number of anilines is 1. The van der Waals surface area contributed by atoms with Crippen LogP contribution in [0.3, 0.4) is 0 Å². The molecule has 4 nitrogen and oxygen atoms in total. The van der Waals surface area contributed by atoms with Gasteiger partial charge in [0.25, 0.3) is 0 Å². The molecule has 1 fully saturated rings. The fourth-order valence-corrected chi connectivity index (χ4v) is 2.64. The zero-order valence-corrected chi connectivity index (χ0v) is 12.4. The molecule has 0 saturated carbocycles. The summed E-state index contributed by atoms with van der Waals surface area (Å²) in [5.41, 5.74) is 0.959. The fraction of sp³-hybridized carbons (Fsp3) is 0.429. The lowest BCUT2D eigenvalue weighted by Gasteiger charge is -2.32. The quantitative estimate of drug-likeness (QED) is 0.880. The molecule has 1 aromatic carbocycles. The van der Waals surface area contributed by atoms with Crippen molar-refractivity contribution in [3.05, 3.63) is 28.2 Å². The van der Waals surface area contributed by atoms with Crippen LogP contribution in [0.15, 0.2) is 22.7 Å². The Morgan fingerprint density at radius 1 is 1.47 bits per heavy atom. The first-order chi connectivity index (χ1) is 9.05. The smallest absolute Gasteiger partial charge is 0.230 e. The van der Waals surface area contributed by atoms with Crippen molar-refractivity contribution in [3.63, 3.8) is 0 Å². The summed E-state index contributed by atoms with van der Waals surface area (Å²) < 4.78 is 0.734. The van der Waals surface area contributed by atoms with Gasteiger partial charge in [-0.2, -0.15) is 5.26 Å². The third-order valence-electron chi connectivity index (χ3n) is 3.60. The van der Waals surface area contributed by atoms with Crippen molar-refractivity contribution in [2.75, 3.05) is 18.4 Å². The Labute approximate surface area is 121 Å². The number of nitriles is 1.